The summed E-state index contributed by atoms with van der Waals surface area (Å²) < 4.78 is 0. The average Bonchev–Trinajstić information content (AvgIpc) is 2.88. The predicted octanol–water partition coefficient (Wildman–Crippen LogP) is 7.33. The van der Waals surface area contributed by atoms with E-state index in [4.69, 9.17) is 0 Å². The number of phenolic OH excluding ortho intramolecular Hbond substituents is 2. The van der Waals surface area contributed by atoms with Crippen LogP contribution in [-0.4, -0.2) is 45.2 Å². The van der Waals surface area contributed by atoms with E-state index >= 15 is 0 Å². The first-order valence-corrected chi connectivity index (χ1v) is 16.1. The van der Waals surface area contributed by atoms with Gasteiger partial charge in [0, 0.05) is 25.9 Å². The van der Waals surface area contributed by atoms with Crippen LogP contribution in [0.4, 0.5) is 0 Å². The number of aryl methyl sites for hydroxylation is 2. The largest absolute Gasteiger partial charge is 0.507 e. The first-order valence-electron chi connectivity index (χ1n) is 16.1. The average molecular weight is 608 g/mol. The van der Waals surface area contributed by atoms with Crippen molar-refractivity contribution in [1.29, 1.82) is 0 Å². The first-order chi connectivity index (χ1) is 20.0. The van der Waals surface area contributed by atoms with Gasteiger partial charge in [0.2, 0.25) is 5.91 Å². The van der Waals surface area contributed by atoms with Crippen molar-refractivity contribution in [2.75, 3.05) is 13.1 Å². The molecular weight excluding hydrogens is 550 g/mol. The molecule has 7 heteroatoms. The number of nitrogens with one attached hydrogen (secondary N) is 1. The van der Waals surface area contributed by atoms with Crippen LogP contribution in [0.3, 0.4) is 0 Å². The van der Waals surface area contributed by atoms with Crippen LogP contribution in [0, 0.1) is 0 Å². The van der Waals surface area contributed by atoms with E-state index in [0.717, 1.165) is 39.8 Å². The lowest BCUT2D eigenvalue weighted by Gasteiger charge is -2.38. The van der Waals surface area contributed by atoms with Crippen LogP contribution in [0.2, 0.25) is 0 Å². The number of hydrogen-bond donors (Lipinski definition) is 3. The number of carbonyl (C=O) groups excluding carboxylic acids is 2. The summed E-state index contributed by atoms with van der Waals surface area (Å²) in [6, 6.07) is 8.06. The third-order valence-electron chi connectivity index (χ3n) is 8.40. The van der Waals surface area contributed by atoms with Crippen LogP contribution in [0.1, 0.15) is 136 Å². The van der Waals surface area contributed by atoms with Gasteiger partial charge in [-0.25, -0.2) is 10.4 Å². The summed E-state index contributed by atoms with van der Waals surface area (Å²) in [6.07, 6.45) is 2.27. The molecule has 1 aliphatic heterocycles. The van der Waals surface area contributed by atoms with Gasteiger partial charge in [-0.3, -0.25) is 9.59 Å². The van der Waals surface area contributed by atoms with Gasteiger partial charge in [0.25, 0.3) is 5.91 Å². The van der Waals surface area contributed by atoms with Crippen molar-refractivity contribution >= 4 is 11.8 Å². The summed E-state index contributed by atoms with van der Waals surface area (Å²) in [5.74, 6) is 0.390. The zero-order valence-corrected chi connectivity index (χ0v) is 29.4. The summed E-state index contributed by atoms with van der Waals surface area (Å²) in [5.41, 5.74) is 7.66. The number of nitrogens with zero attached hydrogens (tertiary/aromatic N) is 2. The van der Waals surface area contributed by atoms with Gasteiger partial charge in [0.05, 0.1) is 0 Å². The highest BCUT2D eigenvalue weighted by Gasteiger charge is 2.31. The van der Waals surface area contributed by atoms with Crippen molar-refractivity contribution in [2.24, 2.45) is 0 Å². The van der Waals surface area contributed by atoms with E-state index < -0.39 is 0 Å². The zero-order valence-electron chi connectivity index (χ0n) is 29.4. The minimum absolute atomic E-state index is 0.108. The predicted molar refractivity (Wildman–Crippen MR) is 179 cm³/mol. The Labute approximate surface area is 266 Å². The van der Waals surface area contributed by atoms with Crippen molar-refractivity contribution in [2.45, 2.75) is 137 Å². The maximum Gasteiger partial charge on any atom is 0.256 e. The van der Waals surface area contributed by atoms with Gasteiger partial charge in [-0.05, 0) is 74.3 Å². The van der Waals surface area contributed by atoms with Gasteiger partial charge < -0.3 is 10.2 Å². The molecule has 0 radical (unpaired) electrons. The highest BCUT2D eigenvalue weighted by atomic mass is 16.3. The van der Waals surface area contributed by atoms with E-state index in [1.807, 2.05) is 24.3 Å². The number of phenols is 2. The van der Waals surface area contributed by atoms with Crippen LogP contribution in [-0.2, 0) is 44.1 Å². The Morgan fingerprint density at radius 3 is 1.32 bits per heavy atom. The second-order valence-corrected chi connectivity index (χ2v) is 16.6. The number of hydrazine groups is 2. The lowest BCUT2D eigenvalue weighted by atomic mass is 9.78. The third-order valence-corrected chi connectivity index (χ3v) is 8.40. The summed E-state index contributed by atoms with van der Waals surface area (Å²) in [7, 11) is 0. The monoisotopic (exact) mass is 607 g/mol. The Bertz CT molecular complexity index is 1190. The van der Waals surface area contributed by atoms with Gasteiger partial charge in [-0.2, -0.15) is 5.12 Å². The van der Waals surface area contributed by atoms with Gasteiger partial charge in [0.1, 0.15) is 11.5 Å². The van der Waals surface area contributed by atoms with Crippen molar-refractivity contribution < 1.29 is 19.8 Å². The van der Waals surface area contributed by atoms with Crippen LogP contribution in [0.5, 0.6) is 11.5 Å². The van der Waals surface area contributed by atoms with Crippen molar-refractivity contribution in [3.63, 3.8) is 0 Å². The molecule has 1 saturated heterocycles. The summed E-state index contributed by atoms with van der Waals surface area (Å²) in [6.45, 7) is 26.1. The van der Waals surface area contributed by atoms with E-state index in [2.05, 4.69) is 88.5 Å². The number of benzene rings is 2. The van der Waals surface area contributed by atoms with Crippen molar-refractivity contribution in [3.05, 3.63) is 57.6 Å². The molecule has 0 aliphatic carbocycles. The van der Waals surface area contributed by atoms with Gasteiger partial charge in [-0.1, -0.05) is 107 Å². The Morgan fingerprint density at radius 1 is 0.636 bits per heavy atom. The third kappa shape index (κ3) is 8.35. The minimum atomic E-state index is -0.249. The highest BCUT2D eigenvalue weighted by Crippen LogP contribution is 2.41. The topological polar surface area (TPSA) is 93.1 Å². The molecule has 0 unspecified atom stereocenters. The van der Waals surface area contributed by atoms with Crippen LogP contribution in [0.15, 0.2) is 24.3 Å². The SMILES string of the molecule is CC(C)(C)c1cc(CCC(=O)N2CCCNN2C(=O)CCc2cc(C(C)(C)C)c(O)c(C(C)(C)C)c2)cc(C(C)(C)C)c1O. The number of rotatable bonds is 6. The molecular formula is C37H57N3O4. The van der Waals surface area contributed by atoms with E-state index in [-0.39, 0.29) is 46.3 Å². The number of aromatic hydroxyl groups is 2. The summed E-state index contributed by atoms with van der Waals surface area (Å²) in [4.78, 5) is 27.1. The number of carbonyl (C=O) groups is 2. The molecule has 1 aliphatic rings. The summed E-state index contributed by atoms with van der Waals surface area (Å²) >= 11 is 0. The Hall–Kier alpha value is -3.06. The maximum atomic E-state index is 13.6. The fourth-order valence-electron chi connectivity index (χ4n) is 5.76. The molecule has 244 valence electrons. The molecule has 1 heterocycles. The van der Waals surface area contributed by atoms with Crippen molar-refractivity contribution in [3.8, 4) is 11.5 Å². The van der Waals surface area contributed by atoms with E-state index in [1.165, 1.54) is 5.12 Å². The molecule has 0 bridgehead atoms. The van der Waals surface area contributed by atoms with E-state index in [1.54, 1.807) is 5.01 Å². The number of hydrogen-bond acceptors (Lipinski definition) is 5. The van der Waals surface area contributed by atoms with Gasteiger partial charge in [0.15, 0.2) is 0 Å². The molecule has 2 aromatic rings. The molecule has 0 aromatic heterocycles. The zero-order chi connectivity index (χ0) is 33.4. The molecule has 3 rings (SSSR count). The molecule has 1 fully saturated rings. The Morgan fingerprint density at radius 2 is 0.977 bits per heavy atom. The lowest BCUT2D eigenvalue weighted by Crippen LogP contribution is -2.60. The first kappa shape index (κ1) is 35.4. The normalized spacial score (nSPS) is 15.1. The Balaban J connectivity index is 1.78. The van der Waals surface area contributed by atoms with E-state index in [9.17, 15) is 19.8 Å². The molecule has 0 spiro atoms. The molecule has 0 saturated carbocycles. The molecule has 3 N–H and O–H groups in total. The number of amides is 2. The van der Waals surface area contributed by atoms with Gasteiger partial charge in [-0.15, -0.1) is 0 Å². The lowest BCUT2D eigenvalue weighted by molar-refractivity contribution is -0.176. The maximum absolute atomic E-state index is 13.6. The van der Waals surface area contributed by atoms with Crippen LogP contribution in [0.25, 0.3) is 0 Å². The van der Waals surface area contributed by atoms with Gasteiger partial charge >= 0.3 is 0 Å². The molecule has 44 heavy (non-hydrogen) atoms. The molecule has 2 amide bonds. The van der Waals surface area contributed by atoms with Crippen LogP contribution >= 0.6 is 0 Å². The molecule has 0 atom stereocenters. The van der Waals surface area contributed by atoms with E-state index in [0.29, 0.717) is 37.4 Å². The smallest absolute Gasteiger partial charge is 0.256 e. The van der Waals surface area contributed by atoms with Crippen LogP contribution < -0.4 is 5.43 Å². The molecule has 7 nitrogen and oxygen atoms in total. The fourth-order valence-corrected chi connectivity index (χ4v) is 5.76. The second kappa shape index (κ2) is 12.7. The van der Waals surface area contributed by atoms with Crippen molar-refractivity contribution in [1.82, 2.24) is 15.6 Å². The summed E-state index contributed by atoms with van der Waals surface area (Å²) in [5, 5.41) is 25.1. The fraction of sp³-hybridized carbons (Fsp3) is 0.622. The second-order valence-electron chi connectivity index (χ2n) is 16.6. The standard InChI is InChI=1S/C37H57N3O4/c1-34(2,3)26-20-24(21-27(32(26)43)35(4,5)6)14-16-30(41)39-19-13-18-38-40(39)31(42)17-15-25-22-28(36(7,8)9)33(44)29(23-25)37(10,11)12/h20-23,38,43-44H,13-19H2,1-12H3. The Kier molecular flexibility index (Phi) is 10.3. The molecule has 2 aromatic carbocycles. The minimum Gasteiger partial charge on any atom is -0.507 e. The highest BCUT2D eigenvalue weighted by molar-refractivity contribution is 5.82. The quantitative estimate of drug-likeness (QED) is 0.320.